The number of carbonyl (C=O) groups excluding carboxylic acids is 3. The van der Waals surface area contributed by atoms with Crippen molar-refractivity contribution in [3.05, 3.63) is 35.9 Å². The number of carbonyl (C=O) groups is 3. The van der Waals surface area contributed by atoms with Crippen LogP contribution in [-0.2, 0) is 40.5 Å². The van der Waals surface area contributed by atoms with Crippen LogP contribution in [0.5, 0.6) is 0 Å². The predicted molar refractivity (Wildman–Crippen MR) is 186 cm³/mol. The molecular weight excluding hydrogens is 706 g/mol. The van der Waals surface area contributed by atoms with E-state index >= 15 is 8.78 Å². The Hall–Kier alpha value is -2.84. The molecule has 15 nitrogen and oxygen atoms in total. The summed E-state index contributed by atoms with van der Waals surface area (Å²) in [5.41, 5.74) is 0.603. The lowest BCUT2D eigenvalue weighted by molar-refractivity contribution is -0.168. The van der Waals surface area contributed by atoms with E-state index in [-0.39, 0.29) is 51.6 Å². The number of alkyl halides is 2. The number of nitrogens with one attached hydrogen (secondary N) is 4. The molecule has 0 aromatic heterocycles. The van der Waals surface area contributed by atoms with Gasteiger partial charge in [0.25, 0.3) is 16.1 Å². The number of amides is 3. The molecule has 3 amide bonds. The number of morpholine rings is 2. The Kier molecular flexibility index (Phi) is 16.1. The van der Waals surface area contributed by atoms with E-state index in [1.54, 1.807) is 30.3 Å². The summed E-state index contributed by atoms with van der Waals surface area (Å²) in [5, 5.41) is 28.7. The van der Waals surface area contributed by atoms with Crippen molar-refractivity contribution in [1.29, 1.82) is 0 Å². The number of hydrogen-bond donors (Lipinski definition) is 6. The van der Waals surface area contributed by atoms with Crippen molar-refractivity contribution in [3.63, 3.8) is 0 Å². The number of halogens is 2. The van der Waals surface area contributed by atoms with Crippen LogP contribution in [0.2, 0.25) is 0 Å². The average Bonchev–Trinajstić information content (AvgIpc) is 3.14. The molecule has 1 aromatic rings. The molecule has 1 aliphatic carbocycles. The van der Waals surface area contributed by atoms with Gasteiger partial charge in [0.05, 0.1) is 38.6 Å². The third-order valence-corrected chi connectivity index (χ3v) is 11.4. The average molecular weight is 761 g/mol. The van der Waals surface area contributed by atoms with Gasteiger partial charge < -0.3 is 35.6 Å². The summed E-state index contributed by atoms with van der Waals surface area (Å²) in [6, 6.07) is 3.79. The monoisotopic (exact) mass is 760 g/mol. The van der Waals surface area contributed by atoms with E-state index in [0.717, 1.165) is 23.6 Å². The molecule has 294 valence electrons. The van der Waals surface area contributed by atoms with Gasteiger partial charge in [-0.05, 0) is 31.2 Å². The van der Waals surface area contributed by atoms with Crippen molar-refractivity contribution in [2.75, 3.05) is 65.7 Å². The molecular formula is C34H54F2N6O9S. The van der Waals surface area contributed by atoms with Gasteiger partial charge >= 0.3 is 5.92 Å². The van der Waals surface area contributed by atoms with Crippen LogP contribution in [0.4, 0.5) is 8.78 Å². The minimum absolute atomic E-state index is 0.0644. The molecule has 1 aromatic carbocycles. The summed E-state index contributed by atoms with van der Waals surface area (Å²) in [6.07, 6.45) is -0.361. The van der Waals surface area contributed by atoms with E-state index < -0.39 is 64.2 Å². The molecule has 3 aliphatic rings. The van der Waals surface area contributed by atoms with Gasteiger partial charge in [0.15, 0.2) is 0 Å². The molecule has 1 unspecified atom stereocenters. The number of aliphatic hydroxyl groups is 2. The number of nitrogens with zero attached hydrogens (tertiary/aromatic N) is 2. The fraction of sp³-hybridized carbons (Fsp3) is 0.735. The Morgan fingerprint density at radius 2 is 1.54 bits per heavy atom. The maximum absolute atomic E-state index is 15.6. The molecule has 4 rings (SSSR count). The maximum atomic E-state index is 15.6. The lowest BCUT2D eigenvalue weighted by atomic mass is 9.82. The third kappa shape index (κ3) is 12.4. The zero-order chi connectivity index (χ0) is 37.7. The van der Waals surface area contributed by atoms with Gasteiger partial charge in [0.2, 0.25) is 11.8 Å². The topological polar surface area (TPSA) is 199 Å². The number of rotatable bonds is 18. The van der Waals surface area contributed by atoms with E-state index in [1.165, 1.54) is 6.92 Å². The first-order valence-electron chi connectivity index (χ1n) is 18.1. The zero-order valence-corrected chi connectivity index (χ0v) is 30.5. The highest BCUT2D eigenvalue weighted by Gasteiger charge is 2.51. The van der Waals surface area contributed by atoms with E-state index in [0.29, 0.717) is 51.3 Å². The highest BCUT2D eigenvalue weighted by atomic mass is 32.2. The van der Waals surface area contributed by atoms with E-state index in [2.05, 4.69) is 20.7 Å². The first kappa shape index (κ1) is 41.9. The van der Waals surface area contributed by atoms with Crippen molar-refractivity contribution in [1.82, 2.24) is 29.9 Å². The molecule has 0 radical (unpaired) electrons. The maximum Gasteiger partial charge on any atom is 0.351 e. The van der Waals surface area contributed by atoms with Gasteiger partial charge in [-0.25, -0.2) is 0 Å². The minimum Gasteiger partial charge on any atom is -0.391 e. The van der Waals surface area contributed by atoms with Crippen LogP contribution in [0.1, 0.15) is 51.0 Å². The third-order valence-electron chi connectivity index (χ3n) is 9.78. The van der Waals surface area contributed by atoms with Crippen molar-refractivity contribution in [3.8, 4) is 0 Å². The van der Waals surface area contributed by atoms with E-state index in [4.69, 9.17) is 9.47 Å². The smallest absolute Gasteiger partial charge is 0.351 e. The van der Waals surface area contributed by atoms with Gasteiger partial charge in [-0.3, -0.25) is 19.3 Å². The summed E-state index contributed by atoms with van der Waals surface area (Å²) in [5.74, 6) is -8.14. The van der Waals surface area contributed by atoms with E-state index in [1.807, 2.05) is 4.90 Å². The summed E-state index contributed by atoms with van der Waals surface area (Å²) in [7, 11) is -4.19. The van der Waals surface area contributed by atoms with Crippen LogP contribution in [0, 0.1) is 5.92 Å². The van der Waals surface area contributed by atoms with Crippen LogP contribution in [0.3, 0.4) is 0 Å². The van der Waals surface area contributed by atoms with Gasteiger partial charge in [-0.2, -0.15) is 26.2 Å². The second-order valence-electron chi connectivity index (χ2n) is 13.7. The summed E-state index contributed by atoms with van der Waals surface area (Å²) in [4.78, 5) is 42.1. The molecule has 2 saturated heterocycles. The number of ether oxygens (including phenoxy) is 2. The first-order valence-corrected chi connectivity index (χ1v) is 19.5. The number of aliphatic hydroxyl groups excluding tert-OH is 2. The summed E-state index contributed by atoms with van der Waals surface area (Å²) in [6.45, 7) is 4.09. The largest absolute Gasteiger partial charge is 0.391 e. The molecule has 18 heteroatoms. The van der Waals surface area contributed by atoms with E-state index in [9.17, 15) is 33.0 Å². The molecule has 0 spiro atoms. The summed E-state index contributed by atoms with van der Waals surface area (Å²) >= 11 is 0. The number of hydrogen-bond acceptors (Lipinski definition) is 10. The molecule has 3 fully saturated rings. The Labute approximate surface area is 304 Å². The fourth-order valence-electron chi connectivity index (χ4n) is 6.72. The van der Waals surface area contributed by atoms with Crippen LogP contribution in [-0.4, -0.2) is 148 Å². The molecule has 1 saturated carbocycles. The van der Waals surface area contributed by atoms with Crippen molar-refractivity contribution >= 4 is 27.9 Å². The quantitative estimate of drug-likeness (QED) is 0.114. The van der Waals surface area contributed by atoms with Crippen molar-refractivity contribution < 1.29 is 51.3 Å². The molecule has 6 N–H and O–H groups in total. The molecule has 2 aliphatic heterocycles. The highest BCUT2D eigenvalue weighted by Crippen LogP contribution is 2.31. The fourth-order valence-corrected chi connectivity index (χ4v) is 8.05. The molecule has 52 heavy (non-hydrogen) atoms. The SMILES string of the molecule is C[C@@H](O)[C@H](NC(=O)[C@H](Cc1ccccc1)NS(=O)(=O)N1CCOCC1)C(=O)N[C@@H](CC1CCCCC1)C(O)C(F)(F)C(=O)NCCN1CCOCC1. The van der Waals surface area contributed by atoms with Crippen LogP contribution in [0.25, 0.3) is 0 Å². The highest BCUT2D eigenvalue weighted by molar-refractivity contribution is 7.87. The van der Waals surface area contributed by atoms with Crippen molar-refractivity contribution in [2.45, 2.75) is 88.1 Å². The van der Waals surface area contributed by atoms with Gasteiger partial charge in [-0.1, -0.05) is 62.4 Å². The molecule has 0 bridgehead atoms. The van der Waals surface area contributed by atoms with Gasteiger partial charge in [0, 0.05) is 39.3 Å². The Morgan fingerprint density at radius 3 is 2.15 bits per heavy atom. The molecule has 5 atom stereocenters. The van der Waals surface area contributed by atoms with Gasteiger partial charge in [-0.15, -0.1) is 0 Å². The second kappa shape index (κ2) is 20.0. The Bertz CT molecular complexity index is 1390. The van der Waals surface area contributed by atoms with Crippen LogP contribution in [0.15, 0.2) is 30.3 Å². The zero-order valence-electron chi connectivity index (χ0n) is 29.7. The minimum atomic E-state index is -4.29. The normalized spacial score (nSPS) is 21.3. The van der Waals surface area contributed by atoms with Crippen LogP contribution < -0.4 is 20.7 Å². The van der Waals surface area contributed by atoms with Crippen LogP contribution >= 0.6 is 0 Å². The summed E-state index contributed by atoms with van der Waals surface area (Å²) < 4.78 is 71.7. The Morgan fingerprint density at radius 1 is 0.923 bits per heavy atom. The second-order valence-corrected chi connectivity index (χ2v) is 15.4. The Balaban J connectivity index is 1.48. The van der Waals surface area contributed by atoms with Gasteiger partial charge in [0.1, 0.15) is 18.2 Å². The lowest BCUT2D eigenvalue weighted by Gasteiger charge is -2.34. The molecule has 2 heterocycles. The number of benzene rings is 1. The standard InChI is InChI=1S/C34H54F2N6O9S/c1-24(43)29(39-31(45)28(23-26-10-6-3-7-11-26)40-52(48,49)42-16-20-51-21-17-42)32(46)38-27(22-25-8-4-2-5-9-25)30(44)34(35,36)33(47)37-12-13-41-14-18-50-19-15-41/h3,6-7,10-11,24-25,27-30,40,43-44H,2,4-5,8-9,12-23H2,1H3,(H,37,47)(H,38,46)(H,39,45)/t24-,27+,28+,29+,30?/m1/s1. The predicted octanol–water partition coefficient (Wildman–Crippen LogP) is -0.470. The lowest BCUT2D eigenvalue weighted by Crippen LogP contribution is -2.63. The van der Waals surface area contributed by atoms with Crippen molar-refractivity contribution in [2.24, 2.45) is 5.92 Å². The first-order chi connectivity index (χ1) is 24.8.